The molecule has 37 heavy (non-hydrogen) atoms. The number of pyridine rings is 4. The molecule has 0 aliphatic rings. The van der Waals surface area contributed by atoms with Gasteiger partial charge in [-0.25, -0.2) is 0 Å². The van der Waals surface area contributed by atoms with E-state index in [0.29, 0.717) is 0 Å². The molecule has 0 saturated carbocycles. The molecular weight excluding hydrogens is 521 g/mol. The van der Waals surface area contributed by atoms with E-state index in [-0.39, 0.29) is 0 Å². The van der Waals surface area contributed by atoms with Gasteiger partial charge in [-0.1, -0.05) is 0 Å². The third-order valence-electron chi connectivity index (χ3n) is 6.46. The third kappa shape index (κ3) is 4.36. The maximum atomic E-state index is 5.21. The van der Waals surface area contributed by atoms with Gasteiger partial charge in [0, 0.05) is 0 Å². The number of hydrogen-bond acceptors (Lipinski definition) is 6. The van der Waals surface area contributed by atoms with Crippen molar-refractivity contribution in [1.82, 2.24) is 39.5 Å². The van der Waals surface area contributed by atoms with Crippen LogP contribution in [0.15, 0.2) is 110 Å². The molecule has 0 aliphatic heterocycles. The van der Waals surface area contributed by atoms with Crippen molar-refractivity contribution in [3.63, 3.8) is 0 Å². The minimum atomic E-state index is -2.96. The molecule has 0 fully saturated rings. The van der Waals surface area contributed by atoms with Crippen LogP contribution in [0, 0.1) is 0 Å². The zero-order valence-electron chi connectivity index (χ0n) is 20.5. The van der Waals surface area contributed by atoms with Crippen LogP contribution in [0.25, 0.3) is 33.9 Å². The van der Waals surface area contributed by atoms with Crippen molar-refractivity contribution in [1.29, 1.82) is 0 Å². The summed E-state index contributed by atoms with van der Waals surface area (Å²) in [5.74, 6) is 6.24. The molecular formula is C28H24GeN8. The number of aromatic nitrogens is 8. The van der Waals surface area contributed by atoms with E-state index in [4.69, 9.17) is 9.97 Å². The van der Waals surface area contributed by atoms with Crippen LogP contribution in [-0.2, 0) is 0 Å². The Bertz CT molecular complexity index is 1510. The van der Waals surface area contributed by atoms with E-state index in [9.17, 15) is 0 Å². The molecule has 6 heterocycles. The zero-order chi connectivity index (χ0) is 25.2. The fraction of sp³-hybridized carbons (Fsp3) is 0.0714. The van der Waals surface area contributed by atoms with Crippen LogP contribution in [-0.4, -0.2) is 52.8 Å². The second kappa shape index (κ2) is 9.55. The Balaban J connectivity index is 1.49. The maximum absolute atomic E-state index is 5.21. The summed E-state index contributed by atoms with van der Waals surface area (Å²) in [6, 6.07) is 20.4. The molecule has 6 aromatic heterocycles. The molecule has 0 aromatic carbocycles. The Hall–Kier alpha value is -4.44. The van der Waals surface area contributed by atoms with E-state index in [1.807, 2.05) is 58.2 Å². The molecule has 0 radical (unpaired) electrons. The van der Waals surface area contributed by atoms with Crippen LogP contribution in [0.4, 0.5) is 0 Å². The molecule has 0 amide bonds. The van der Waals surface area contributed by atoms with Gasteiger partial charge >= 0.3 is 217 Å². The average Bonchev–Trinajstić information content (AvgIpc) is 3.69. The fourth-order valence-corrected chi connectivity index (χ4v) is 8.64. The summed E-state index contributed by atoms with van der Waals surface area (Å²) in [4.78, 5) is 18.7. The Labute approximate surface area is 217 Å². The molecule has 0 N–H and O–H groups in total. The van der Waals surface area contributed by atoms with Crippen molar-refractivity contribution in [3.8, 4) is 33.9 Å². The number of nitrogens with zero attached hydrogens (tertiary/aromatic N) is 8. The third-order valence-corrected chi connectivity index (χ3v) is 13.0. The molecule has 0 spiro atoms. The van der Waals surface area contributed by atoms with Crippen molar-refractivity contribution in [2.24, 2.45) is 0 Å². The van der Waals surface area contributed by atoms with Crippen molar-refractivity contribution in [2.45, 2.75) is 11.5 Å². The summed E-state index contributed by atoms with van der Waals surface area (Å²) in [6.45, 7) is 0. The van der Waals surface area contributed by atoms with Gasteiger partial charge in [0.2, 0.25) is 0 Å². The summed E-state index contributed by atoms with van der Waals surface area (Å²) in [7, 11) is 0. The van der Waals surface area contributed by atoms with Gasteiger partial charge in [-0.2, -0.15) is 0 Å². The van der Waals surface area contributed by atoms with E-state index in [1.165, 1.54) is 0 Å². The molecule has 0 aliphatic carbocycles. The van der Waals surface area contributed by atoms with Crippen LogP contribution in [0.3, 0.4) is 0 Å². The first-order valence-electron chi connectivity index (χ1n) is 11.9. The first-order valence-corrected chi connectivity index (χ1v) is 18.2. The second-order valence-corrected chi connectivity index (χ2v) is 18.1. The van der Waals surface area contributed by atoms with Crippen molar-refractivity contribution in [3.05, 3.63) is 110 Å². The Morgan fingerprint density at radius 2 is 0.973 bits per heavy atom. The number of rotatable bonds is 6. The van der Waals surface area contributed by atoms with Gasteiger partial charge in [0.15, 0.2) is 0 Å². The first kappa shape index (κ1) is 23.0. The molecule has 6 rings (SSSR count). The Kier molecular flexibility index (Phi) is 5.93. The molecule has 180 valence electrons. The first-order chi connectivity index (χ1) is 18.1. The van der Waals surface area contributed by atoms with Crippen LogP contribution < -0.4 is 9.05 Å². The van der Waals surface area contributed by atoms with Gasteiger partial charge in [0.1, 0.15) is 0 Å². The molecule has 0 atom stereocenters. The summed E-state index contributed by atoms with van der Waals surface area (Å²) in [5.41, 5.74) is 4.11. The van der Waals surface area contributed by atoms with Gasteiger partial charge in [-0.05, 0) is 0 Å². The van der Waals surface area contributed by atoms with E-state index in [2.05, 4.69) is 55.9 Å². The molecule has 0 bridgehead atoms. The van der Waals surface area contributed by atoms with Crippen molar-refractivity contribution in [2.75, 3.05) is 0 Å². The predicted octanol–water partition coefficient (Wildman–Crippen LogP) is 3.79. The molecule has 0 saturated heterocycles. The van der Waals surface area contributed by atoms with Crippen LogP contribution in [0.1, 0.15) is 0 Å². The van der Waals surface area contributed by atoms with Gasteiger partial charge in [-0.15, -0.1) is 0 Å². The Morgan fingerprint density at radius 3 is 1.35 bits per heavy atom. The molecule has 6 aromatic rings. The predicted molar refractivity (Wildman–Crippen MR) is 146 cm³/mol. The standard InChI is InChI=1S/C28H24GeN8/c1-29(2,25-7-5-23(21-9-15-30-16-10-21)27(34-25)36-19-3-13-32-36)26-8-6-24(22-11-17-31-18-12-22)28(35-26)37-20-4-14-33-37/h3-20H,1-2H3. The minimum absolute atomic E-state index is 0.799. The molecule has 8 nitrogen and oxygen atoms in total. The van der Waals surface area contributed by atoms with Crippen molar-refractivity contribution < 1.29 is 0 Å². The summed E-state index contributed by atoms with van der Waals surface area (Å²) < 4.78 is 5.79. The van der Waals surface area contributed by atoms with Gasteiger partial charge in [0.05, 0.1) is 0 Å². The van der Waals surface area contributed by atoms with E-state index in [0.717, 1.165) is 42.9 Å². The van der Waals surface area contributed by atoms with E-state index >= 15 is 0 Å². The normalized spacial score (nSPS) is 11.5. The SMILES string of the molecule is [CH3][Ge]([CH3])([c]1ccc(-c2ccncc2)c(-n2cccn2)n1)[c]1ccc(-c2ccncc2)c(-n2cccn2)n1. The summed E-state index contributed by atoms with van der Waals surface area (Å²) in [6.07, 6.45) is 14.6. The van der Waals surface area contributed by atoms with Gasteiger partial charge < -0.3 is 0 Å². The molecule has 9 heteroatoms. The van der Waals surface area contributed by atoms with E-state index < -0.39 is 13.3 Å². The average molecular weight is 545 g/mol. The van der Waals surface area contributed by atoms with Crippen LogP contribution in [0.5, 0.6) is 0 Å². The second-order valence-electron chi connectivity index (χ2n) is 9.13. The Morgan fingerprint density at radius 1 is 0.541 bits per heavy atom. The van der Waals surface area contributed by atoms with Gasteiger partial charge in [0.25, 0.3) is 0 Å². The van der Waals surface area contributed by atoms with E-state index in [1.54, 1.807) is 37.2 Å². The fourth-order valence-electron chi connectivity index (χ4n) is 4.38. The monoisotopic (exact) mass is 546 g/mol. The van der Waals surface area contributed by atoms with Crippen LogP contribution in [0.2, 0.25) is 11.5 Å². The summed E-state index contributed by atoms with van der Waals surface area (Å²) >= 11 is -2.96. The van der Waals surface area contributed by atoms with Crippen molar-refractivity contribution >= 4 is 22.3 Å². The summed E-state index contributed by atoms with van der Waals surface area (Å²) in [5, 5.41) is 8.98. The topological polar surface area (TPSA) is 87.2 Å². The quantitative estimate of drug-likeness (QED) is 0.296. The molecule has 0 unspecified atom stereocenters. The zero-order valence-corrected chi connectivity index (χ0v) is 22.6. The number of hydrogen-bond donors (Lipinski definition) is 0. The van der Waals surface area contributed by atoms with Crippen LogP contribution >= 0.6 is 0 Å². The van der Waals surface area contributed by atoms with Gasteiger partial charge in [-0.3, -0.25) is 0 Å².